The minimum absolute atomic E-state index is 0.297. The van der Waals surface area contributed by atoms with Crippen molar-refractivity contribution < 1.29 is 9.53 Å². The number of benzene rings is 1. The molecule has 0 aliphatic carbocycles. The first kappa shape index (κ1) is 15.0. The van der Waals surface area contributed by atoms with Gasteiger partial charge in [-0.05, 0) is 31.8 Å². The zero-order chi connectivity index (χ0) is 14.5. The number of methoxy groups -OCH3 is 1. The van der Waals surface area contributed by atoms with Crippen LogP contribution in [0, 0.1) is 0 Å². The average molecular weight is 276 g/mol. The maximum absolute atomic E-state index is 12.2. The molecule has 0 spiro atoms. The fourth-order valence-electron chi connectivity index (χ4n) is 2.67. The highest BCUT2D eigenvalue weighted by Gasteiger charge is 2.24. The molecular formula is C16H24N2O2. The summed E-state index contributed by atoms with van der Waals surface area (Å²) in [6.07, 6.45) is 1.11. The van der Waals surface area contributed by atoms with Crippen LogP contribution in [0.1, 0.15) is 12.0 Å². The Morgan fingerprint density at radius 2 is 2.15 bits per heavy atom. The van der Waals surface area contributed by atoms with E-state index in [0.717, 1.165) is 30.9 Å². The van der Waals surface area contributed by atoms with E-state index in [1.165, 1.54) is 0 Å². The molecule has 1 unspecified atom stereocenters. The van der Waals surface area contributed by atoms with Crippen LogP contribution in [-0.2, 0) is 11.2 Å². The molecule has 1 fully saturated rings. The number of Topliss-reactive ketones (excluding diaryl/α,β-unsaturated/α-hetero) is 1. The average Bonchev–Trinajstić information content (AvgIpc) is 2.43. The van der Waals surface area contributed by atoms with Gasteiger partial charge >= 0.3 is 0 Å². The highest BCUT2D eigenvalue weighted by molar-refractivity contribution is 5.81. The zero-order valence-electron chi connectivity index (χ0n) is 12.6. The number of likely N-dealkylation sites (N-methyl/N-ethyl adjacent to an activating group) is 2. The van der Waals surface area contributed by atoms with Gasteiger partial charge in [0.25, 0.3) is 0 Å². The number of rotatable bonds is 5. The molecule has 4 heteroatoms. The molecule has 110 valence electrons. The van der Waals surface area contributed by atoms with Crippen LogP contribution >= 0.6 is 0 Å². The van der Waals surface area contributed by atoms with Crippen LogP contribution in [-0.4, -0.2) is 62.5 Å². The van der Waals surface area contributed by atoms with Crippen molar-refractivity contribution in [1.29, 1.82) is 0 Å². The highest BCUT2D eigenvalue weighted by atomic mass is 16.5. The molecule has 20 heavy (non-hydrogen) atoms. The van der Waals surface area contributed by atoms with E-state index in [0.29, 0.717) is 24.7 Å². The van der Waals surface area contributed by atoms with Gasteiger partial charge in [-0.25, -0.2) is 0 Å². The smallest absolute Gasteiger partial charge is 0.138 e. The van der Waals surface area contributed by atoms with Crippen molar-refractivity contribution >= 4 is 5.78 Å². The van der Waals surface area contributed by atoms with Crippen LogP contribution in [0.4, 0.5) is 0 Å². The van der Waals surface area contributed by atoms with Crippen LogP contribution < -0.4 is 4.74 Å². The number of ketones is 1. The third kappa shape index (κ3) is 4.05. The van der Waals surface area contributed by atoms with Crippen molar-refractivity contribution in [2.24, 2.45) is 0 Å². The molecule has 0 bridgehead atoms. The van der Waals surface area contributed by atoms with E-state index in [9.17, 15) is 4.79 Å². The van der Waals surface area contributed by atoms with Crippen molar-refractivity contribution in [2.45, 2.75) is 18.9 Å². The summed E-state index contributed by atoms with van der Waals surface area (Å²) in [5, 5.41) is 0. The van der Waals surface area contributed by atoms with Gasteiger partial charge < -0.3 is 14.5 Å². The summed E-state index contributed by atoms with van der Waals surface area (Å²) in [5.41, 5.74) is 1.03. The first-order valence-corrected chi connectivity index (χ1v) is 7.12. The van der Waals surface area contributed by atoms with Crippen LogP contribution in [0.5, 0.6) is 5.75 Å². The Bertz CT molecular complexity index is 462. The van der Waals surface area contributed by atoms with E-state index in [-0.39, 0.29) is 0 Å². The Kier molecular flexibility index (Phi) is 5.15. The number of ether oxygens (including phenoxy) is 1. The van der Waals surface area contributed by atoms with Crippen molar-refractivity contribution in [3.05, 3.63) is 29.8 Å². The molecule has 1 saturated heterocycles. The SMILES string of the molecule is COc1cccc(CC(=O)CC2CN(C)CCN2C)c1. The second-order valence-corrected chi connectivity index (χ2v) is 5.67. The number of hydrogen-bond acceptors (Lipinski definition) is 4. The van der Waals surface area contributed by atoms with Gasteiger partial charge in [-0.15, -0.1) is 0 Å². The van der Waals surface area contributed by atoms with E-state index < -0.39 is 0 Å². The predicted octanol–water partition coefficient (Wildman–Crippen LogP) is 1.44. The van der Waals surface area contributed by atoms with Crippen LogP contribution in [0.15, 0.2) is 24.3 Å². The summed E-state index contributed by atoms with van der Waals surface area (Å²) >= 11 is 0. The molecule has 0 N–H and O–H groups in total. The van der Waals surface area contributed by atoms with Crippen molar-refractivity contribution in [1.82, 2.24) is 9.80 Å². The Hall–Kier alpha value is -1.39. The van der Waals surface area contributed by atoms with Crippen LogP contribution in [0.3, 0.4) is 0 Å². The fourth-order valence-corrected chi connectivity index (χ4v) is 2.67. The summed E-state index contributed by atoms with van der Waals surface area (Å²) in [7, 11) is 5.87. The maximum Gasteiger partial charge on any atom is 0.138 e. The Labute approximate surface area is 121 Å². The molecular weight excluding hydrogens is 252 g/mol. The number of piperazine rings is 1. The second-order valence-electron chi connectivity index (χ2n) is 5.67. The van der Waals surface area contributed by atoms with Gasteiger partial charge in [0.15, 0.2) is 0 Å². The maximum atomic E-state index is 12.2. The number of carbonyl (C=O) groups is 1. The standard InChI is InChI=1S/C16H24N2O2/c1-17-7-8-18(2)14(12-17)11-15(19)9-13-5-4-6-16(10-13)20-3/h4-6,10,14H,7-9,11-12H2,1-3H3. The minimum Gasteiger partial charge on any atom is -0.497 e. The monoisotopic (exact) mass is 276 g/mol. The van der Waals surface area contributed by atoms with Gasteiger partial charge in [0.1, 0.15) is 11.5 Å². The van der Waals surface area contributed by atoms with E-state index in [1.807, 2.05) is 24.3 Å². The molecule has 0 radical (unpaired) electrons. The first-order valence-electron chi connectivity index (χ1n) is 7.12. The second kappa shape index (κ2) is 6.86. The molecule has 0 amide bonds. The number of carbonyl (C=O) groups excluding carboxylic acids is 1. The lowest BCUT2D eigenvalue weighted by molar-refractivity contribution is -0.120. The fraction of sp³-hybridized carbons (Fsp3) is 0.562. The lowest BCUT2D eigenvalue weighted by Crippen LogP contribution is -2.50. The van der Waals surface area contributed by atoms with E-state index in [1.54, 1.807) is 7.11 Å². The van der Waals surface area contributed by atoms with Crippen molar-refractivity contribution in [3.63, 3.8) is 0 Å². The number of nitrogens with zero attached hydrogens (tertiary/aromatic N) is 2. The first-order chi connectivity index (χ1) is 9.58. The van der Waals surface area contributed by atoms with Crippen molar-refractivity contribution in [2.75, 3.05) is 40.8 Å². The van der Waals surface area contributed by atoms with Gasteiger partial charge in [-0.3, -0.25) is 4.79 Å². The summed E-state index contributed by atoms with van der Waals surface area (Å²) in [6.45, 7) is 3.09. The molecule has 4 nitrogen and oxygen atoms in total. The molecule has 0 aromatic heterocycles. The summed E-state index contributed by atoms with van der Waals surface area (Å²) in [4.78, 5) is 16.8. The normalized spacial score (nSPS) is 20.9. The Balaban J connectivity index is 1.91. The molecule has 2 rings (SSSR count). The van der Waals surface area contributed by atoms with Crippen LogP contribution in [0.25, 0.3) is 0 Å². The van der Waals surface area contributed by atoms with Gasteiger partial charge in [-0.1, -0.05) is 12.1 Å². The quantitative estimate of drug-likeness (QED) is 0.815. The minimum atomic E-state index is 0.297. The molecule has 1 aliphatic rings. The topological polar surface area (TPSA) is 32.8 Å². The van der Waals surface area contributed by atoms with Gasteiger partial charge in [-0.2, -0.15) is 0 Å². The molecule has 1 aliphatic heterocycles. The lowest BCUT2D eigenvalue weighted by atomic mass is 10.0. The highest BCUT2D eigenvalue weighted by Crippen LogP contribution is 2.15. The third-order valence-corrected chi connectivity index (χ3v) is 3.98. The molecule has 1 aromatic rings. The van der Waals surface area contributed by atoms with Gasteiger partial charge in [0.2, 0.25) is 0 Å². The van der Waals surface area contributed by atoms with Gasteiger partial charge in [0, 0.05) is 38.5 Å². The Morgan fingerprint density at radius 3 is 2.90 bits per heavy atom. The lowest BCUT2D eigenvalue weighted by Gasteiger charge is -2.37. The Morgan fingerprint density at radius 1 is 1.35 bits per heavy atom. The molecule has 1 aromatic carbocycles. The summed E-state index contributed by atoms with van der Waals surface area (Å²) < 4.78 is 5.19. The zero-order valence-corrected chi connectivity index (χ0v) is 12.6. The van der Waals surface area contributed by atoms with Crippen LogP contribution in [0.2, 0.25) is 0 Å². The van der Waals surface area contributed by atoms with E-state index in [2.05, 4.69) is 23.9 Å². The number of hydrogen-bond donors (Lipinski definition) is 0. The largest absolute Gasteiger partial charge is 0.497 e. The van der Waals surface area contributed by atoms with Crippen molar-refractivity contribution in [3.8, 4) is 5.75 Å². The van der Waals surface area contributed by atoms with E-state index in [4.69, 9.17) is 4.74 Å². The molecule has 1 heterocycles. The summed E-state index contributed by atoms with van der Waals surface area (Å²) in [5.74, 6) is 1.11. The summed E-state index contributed by atoms with van der Waals surface area (Å²) in [6, 6.07) is 8.10. The third-order valence-electron chi connectivity index (χ3n) is 3.98. The molecule has 1 atom stereocenters. The predicted molar refractivity (Wildman–Crippen MR) is 80.2 cm³/mol. The van der Waals surface area contributed by atoms with Gasteiger partial charge in [0.05, 0.1) is 7.11 Å². The molecule has 0 saturated carbocycles. The van der Waals surface area contributed by atoms with E-state index >= 15 is 0 Å².